The summed E-state index contributed by atoms with van der Waals surface area (Å²) in [5, 5.41) is 19.4. The molecule has 0 saturated heterocycles. The van der Waals surface area contributed by atoms with E-state index in [1.807, 2.05) is 4.57 Å². The normalized spacial score (nSPS) is 15.4. The van der Waals surface area contributed by atoms with Gasteiger partial charge in [0.2, 0.25) is 0 Å². The van der Waals surface area contributed by atoms with Gasteiger partial charge in [0, 0.05) is 26.8 Å². The van der Waals surface area contributed by atoms with Crippen LogP contribution in [0.4, 0.5) is 4.79 Å². The Kier molecular flexibility index (Phi) is 5.09. The minimum Gasteiger partial charge on any atom is -0.480 e. The fraction of sp³-hybridized carbons (Fsp3) is 0.667. The second kappa shape index (κ2) is 7.02. The predicted octanol–water partition coefficient (Wildman–Crippen LogP) is -0.317. The largest absolute Gasteiger partial charge is 0.480 e. The maximum Gasteiger partial charge on any atom is 0.326 e. The maximum absolute atomic E-state index is 12.1. The molecule has 0 radical (unpaired) electrons. The molecule has 0 aromatic carbocycles. The first kappa shape index (κ1) is 15.2. The zero-order valence-corrected chi connectivity index (χ0v) is 11.9. The molecular formula is C12H19N5O4. The summed E-state index contributed by atoms with van der Waals surface area (Å²) in [5.74, 6) is -0.345. The van der Waals surface area contributed by atoms with Gasteiger partial charge < -0.3 is 24.6 Å². The fourth-order valence-corrected chi connectivity index (χ4v) is 2.17. The van der Waals surface area contributed by atoms with E-state index in [1.165, 1.54) is 4.90 Å². The molecule has 2 amide bonds. The molecule has 21 heavy (non-hydrogen) atoms. The molecule has 2 rings (SSSR count). The number of carboxylic acids is 1. The number of amides is 2. The topological polar surface area (TPSA) is 110 Å². The highest BCUT2D eigenvalue weighted by atomic mass is 16.5. The number of nitrogens with zero attached hydrogens (tertiary/aromatic N) is 4. The van der Waals surface area contributed by atoms with E-state index >= 15 is 0 Å². The third-order valence-electron chi connectivity index (χ3n) is 3.36. The van der Waals surface area contributed by atoms with Crippen molar-refractivity contribution in [3.63, 3.8) is 0 Å². The van der Waals surface area contributed by atoms with Crippen molar-refractivity contribution in [2.45, 2.75) is 32.0 Å². The number of aliphatic carboxylic acids is 1. The van der Waals surface area contributed by atoms with Crippen LogP contribution in [-0.4, -0.2) is 63.1 Å². The molecule has 1 aliphatic rings. The highest BCUT2D eigenvalue weighted by Gasteiger charge is 2.26. The summed E-state index contributed by atoms with van der Waals surface area (Å²) in [4.78, 5) is 24.8. The molecule has 1 unspecified atom stereocenters. The molecule has 0 saturated carbocycles. The standard InChI is InChI=1S/C12H19N5O4/c1-21-6-2-3-9(11(18)19)14-12(20)16-4-5-17-8-13-15-10(17)7-16/h8-9H,2-7H2,1H3,(H,14,20)(H,18,19). The van der Waals surface area contributed by atoms with Crippen LogP contribution in [-0.2, 0) is 22.6 Å². The number of methoxy groups -OCH3 is 1. The molecule has 9 nitrogen and oxygen atoms in total. The Balaban J connectivity index is 1.89. The van der Waals surface area contributed by atoms with Crippen molar-refractivity contribution in [1.29, 1.82) is 0 Å². The molecule has 2 heterocycles. The third kappa shape index (κ3) is 3.91. The smallest absolute Gasteiger partial charge is 0.326 e. The molecule has 0 aliphatic carbocycles. The monoisotopic (exact) mass is 297 g/mol. The second-order valence-electron chi connectivity index (χ2n) is 4.84. The quantitative estimate of drug-likeness (QED) is 0.697. The number of hydrogen-bond acceptors (Lipinski definition) is 5. The molecular weight excluding hydrogens is 278 g/mol. The highest BCUT2D eigenvalue weighted by Crippen LogP contribution is 2.09. The van der Waals surface area contributed by atoms with Gasteiger partial charge in [0.1, 0.15) is 12.4 Å². The lowest BCUT2D eigenvalue weighted by Gasteiger charge is -2.28. The Morgan fingerprint density at radius 2 is 2.33 bits per heavy atom. The van der Waals surface area contributed by atoms with Crippen molar-refractivity contribution >= 4 is 12.0 Å². The molecule has 9 heteroatoms. The minimum absolute atomic E-state index is 0.330. The Bertz CT molecular complexity index is 504. The SMILES string of the molecule is COCCCC(NC(=O)N1CCn2cnnc2C1)C(=O)O. The summed E-state index contributed by atoms with van der Waals surface area (Å²) < 4.78 is 6.76. The minimum atomic E-state index is -1.04. The number of rotatable bonds is 6. The van der Waals surface area contributed by atoms with Gasteiger partial charge in [0.25, 0.3) is 0 Å². The van der Waals surface area contributed by atoms with Gasteiger partial charge in [-0.1, -0.05) is 0 Å². The number of hydrogen-bond donors (Lipinski definition) is 2. The average Bonchev–Trinajstić information content (AvgIpc) is 2.93. The van der Waals surface area contributed by atoms with Crippen molar-refractivity contribution in [2.24, 2.45) is 0 Å². The first-order valence-electron chi connectivity index (χ1n) is 6.75. The van der Waals surface area contributed by atoms with E-state index < -0.39 is 18.0 Å². The van der Waals surface area contributed by atoms with E-state index in [9.17, 15) is 9.59 Å². The number of aromatic nitrogens is 3. The zero-order valence-electron chi connectivity index (χ0n) is 11.9. The van der Waals surface area contributed by atoms with Crippen LogP contribution in [0, 0.1) is 0 Å². The molecule has 116 valence electrons. The lowest BCUT2D eigenvalue weighted by molar-refractivity contribution is -0.139. The lowest BCUT2D eigenvalue weighted by atomic mass is 10.1. The Hall–Kier alpha value is -2.16. The Labute approximate surface area is 121 Å². The van der Waals surface area contributed by atoms with E-state index in [0.717, 1.165) is 0 Å². The van der Waals surface area contributed by atoms with E-state index in [1.54, 1.807) is 13.4 Å². The Morgan fingerprint density at radius 3 is 3.05 bits per heavy atom. The van der Waals surface area contributed by atoms with Crippen LogP contribution in [0.15, 0.2) is 6.33 Å². The summed E-state index contributed by atoms with van der Waals surface area (Å²) in [6.45, 7) is 1.90. The summed E-state index contributed by atoms with van der Waals surface area (Å²) >= 11 is 0. The number of urea groups is 1. The Morgan fingerprint density at radius 1 is 1.52 bits per heavy atom. The van der Waals surface area contributed by atoms with Crippen LogP contribution >= 0.6 is 0 Å². The van der Waals surface area contributed by atoms with E-state index in [-0.39, 0.29) is 0 Å². The number of fused-ring (bicyclic) bond motifs is 1. The van der Waals surface area contributed by atoms with Crippen molar-refractivity contribution in [2.75, 3.05) is 20.3 Å². The van der Waals surface area contributed by atoms with Crippen LogP contribution in [0.3, 0.4) is 0 Å². The first-order valence-corrected chi connectivity index (χ1v) is 6.75. The highest BCUT2D eigenvalue weighted by molar-refractivity contribution is 5.82. The number of carbonyl (C=O) groups excluding carboxylic acids is 1. The molecule has 1 aliphatic heterocycles. The molecule has 2 N–H and O–H groups in total. The molecule has 0 fully saturated rings. The molecule has 1 atom stereocenters. The van der Waals surface area contributed by atoms with Crippen molar-refractivity contribution in [1.82, 2.24) is 25.0 Å². The van der Waals surface area contributed by atoms with Crippen LogP contribution in [0.2, 0.25) is 0 Å². The number of ether oxygens (including phenoxy) is 1. The number of carbonyl (C=O) groups is 2. The average molecular weight is 297 g/mol. The maximum atomic E-state index is 12.1. The molecule has 1 aromatic rings. The molecule has 0 spiro atoms. The van der Waals surface area contributed by atoms with Gasteiger partial charge in [-0.2, -0.15) is 0 Å². The van der Waals surface area contributed by atoms with E-state index in [4.69, 9.17) is 9.84 Å². The zero-order chi connectivity index (χ0) is 15.2. The van der Waals surface area contributed by atoms with Crippen molar-refractivity contribution in [3.8, 4) is 0 Å². The number of carboxylic acid groups (broad SMARTS) is 1. The van der Waals surface area contributed by atoms with Crippen LogP contribution in [0.5, 0.6) is 0 Å². The predicted molar refractivity (Wildman–Crippen MR) is 71.5 cm³/mol. The van der Waals surface area contributed by atoms with Gasteiger partial charge in [-0.15, -0.1) is 10.2 Å². The van der Waals surface area contributed by atoms with Gasteiger partial charge >= 0.3 is 12.0 Å². The second-order valence-corrected chi connectivity index (χ2v) is 4.84. The van der Waals surface area contributed by atoms with E-state index in [2.05, 4.69) is 15.5 Å². The van der Waals surface area contributed by atoms with Gasteiger partial charge in [-0.05, 0) is 12.8 Å². The number of nitrogens with one attached hydrogen (secondary N) is 1. The van der Waals surface area contributed by atoms with Crippen LogP contribution in [0.25, 0.3) is 0 Å². The molecule has 1 aromatic heterocycles. The first-order chi connectivity index (χ1) is 10.1. The van der Waals surface area contributed by atoms with E-state index in [0.29, 0.717) is 44.9 Å². The summed E-state index contributed by atoms with van der Waals surface area (Å²) in [6, 6.07) is -1.30. The van der Waals surface area contributed by atoms with Crippen molar-refractivity contribution in [3.05, 3.63) is 12.2 Å². The van der Waals surface area contributed by atoms with Crippen molar-refractivity contribution < 1.29 is 19.4 Å². The fourth-order valence-electron chi connectivity index (χ4n) is 2.17. The molecule has 0 bridgehead atoms. The lowest BCUT2D eigenvalue weighted by Crippen LogP contribution is -2.50. The third-order valence-corrected chi connectivity index (χ3v) is 3.36. The van der Waals surface area contributed by atoms with Gasteiger partial charge in [-0.25, -0.2) is 9.59 Å². The van der Waals surface area contributed by atoms with Gasteiger partial charge in [-0.3, -0.25) is 0 Å². The summed E-state index contributed by atoms with van der Waals surface area (Å²) in [7, 11) is 1.55. The van der Waals surface area contributed by atoms with Crippen LogP contribution < -0.4 is 5.32 Å². The van der Waals surface area contributed by atoms with Crippen LogP contribution in [0.1, 0.15) is 18.7 Å². The summed E-state index contributed by atoms with van der Waals surface area (Å²) in [5.41, 5.74) is 0. The summed E-state index contributed by atoms with van der Waals surface area (Å²) in [6.07, 6.45) is 2.52. The van der Waals surface area contributed by atoms with Gasteiger partial charge in [0.15, 0.2) is 5.82 Å². The van der Waals surface area contributed by atoms with Gasteiger partial charge in [0.05, 0.1) is 6.54 Å².